The number of carbonyl (C=O) groups is 5. The molecule has 0 spiro atoms. The number of aliphatic hydroxyl groups is 1. The SMILES string of the molecule is CC1(C)O[C@H]2[C@@H](O1)[C@@H](COC(=O)c1ccccc1)O[C@@H](O[C@H]1[C@H](O)[C@@H](OC(=O)c3ccccc3)CN(C(=O)OCc3ccccc3)[C@@H]1COC(=O)c1ccccc1)[C@@H]2OC(=O)c1ccccc1. The third kappa shape index (κ3) is 11.4. The summed E-state index contributed by atoms with van der Waals surface area (Å²) in [5.74, 6) is -4.30. The number of esters is 4. The number of carbonyl (C=O) groups excluding carboxylic acids is 5. The number of nitrogens with zero attached hydrogens (tertiary/aromatic N) is 1. The molecule has 9 atom stereocenters. The second-order valence-corrected chi connectivity index (χ2v) is 16.4. The summed E-state index contributed by atoms with van der Waals surface area (Å²) < 4.78 is 55.4. The van der Waals surface area contributed by atoms with Crippen LogP contribution in [0.1, 0.15) is 60.8 Å². The maximum atomic E-state index is 14.3. The maximum Gasteiger partial charge on any atom is 0.410 e. The van der Waals surface area contributed by atoms with Crippen LogP contribution < -0.4 is 0 Å². The predicted molar refractivity (Wildman–Crippen MR) is 235 cm³/mol. The molecule has 0 radical (unpaired) electrons. The van der Waals surface area contributed by atoms with Crippen molar-refractivity contribution in [2.24, 2.45) is 0 Å². The van der Waals surface area contributed by atoms with Gasteiger partial charge in [0.25, 0.3) is 0 Å². The predicted octanol–water partition coefficient (Wildman–Crippen LogP) is 6.16. The summed E-state index contributed by atoms with van der Waals surface area (Å²) in [6.07, 6.45) is -12.2. The smallest absolute Gasteiger partial charge is 0.410 e. The molecule has 0 aliphatic carbocycles. The molecule has 16 nitrogen and oxygen atoms in total. The van der Waals surface area contributed by atoms with E-state index >= 15 is 0 Å². The van der Waals surface area contributed by atoms with Crippen LogP contribution in [-0.4, -0.2) is 121 Å². The van der Waals surface area contributed by atoms with Crippen LogP contribution >= 0.6 is 0 Å². The first kappa shape index (κ1) is 46.6. The zero-order valence-corrected chi connectivity index (χ0v) is 36.6. The minimum atomic E-state index is -1.76. The lowest BCUT2D eigenvalue weighted by molar-refractivity contribution is -0.313. The Morgan fingerprint density at radius 1 is 0.582 bits per heavy atom. The average Bonchev–Trinajstić information content (AvgIpc) is 3.70. The Bertz CT molecular complexity index is 2460. The number of likely N-dealkylation sites (tertiary alicyclic amines) is 1. The molecule has 5 aromatic carbocycles. The summed E-state index contributed by atoms with van der Waals surface area (Å²) in [5, 5.41) is 12.4. The van der Waals surface area contributed by atoms with E-state index in [1.807, 2.05) is 6.07 Å². The fraction of sp³-hybridized carbons (Fsp3) is 0.314. The number of piperidine rings is 1. The van der Waals surface area contributed by atoms with Crippen LogP contribution in [0.5, 0.6) is 0 Å². The van der Waals surface area contributed by atoms with Gasteiger partial charge in [0.2, 0.25) is 0 Å². The number of hydrogen-bond donors (Lipinski definition) is 1. The molecular weight excluding hydrogens is 867 g/mol. The summed E-state index contributed by atoms with van der Waals surface area (Å²) >= 11 is 0. The number of benzene rings is 5. The molecule has 8 rings (SSSR count). The van der Waals surface area contributed by atoms with Crippen molar-refractivity contribution < 1.29 is 71.7 Å². The minimum Gasteiger partial charge on any atom is -0.460 e. The number of fused-ring (bicyclic) bond motifs is 1. The Labute approximate surface area is 386 Å². The van der Waals surface area contributed by atoms with Crippen LogP contribution in [0.2, 0.25) is 0 Å². The van der Waals surface area contributed by atoms with Crippen LogP contribution in [0.15, 0.2) is 152 Å². The van der Waals surface area contributed by atoms with Gasteiger partial charge in [0, 0.05) is 0 Å². The normalized spacial score (nSPS) is 25.2. The summed E-state index contributed by atoms with van der Waals surface area (Å²) in [7, 11) is 0. The quantitative estimate of drug-likeness (QED) is 0.0983. The van der Waals surface area contributed by atoms with E-state index in [4.69, 9.17) is 42.6 Å². The van der Waals surface area contributed by atoms with Gasteiger partial charge in [-0.2, -0.15) is 0 Å². The highest BCUT2D eigenvalue weighted by Gasteiger charge is 2.59. The molecule has 3 aliphatic rings. The van der Waals surface area contributed by atoms with E-state index in [-0.39, 0.29) is 28.9 Å². The molecule has 0 unspecified atom stereocenters. The van der Waals surface area contributed by atoms with Gasteiger partial charge in [-0.15, -0.1) is 0 Å². The van der Waals surface area contributed by atoms with Crippen LogP contribution in [0.25, 0.3) is 0 Å². The van der Waals surface area contributed by atoms with Crippen molar-refractivity contribution in [3.63, 3.8) is 0 Å². The Balaban J connectivity index is 1.17. The van der Waals surface area contributed by atoms with Crippen molar-refractivity contribution in [3.05, 3.63) is 179 Å². The molecule has 1 amide bonds. The fourth-order valence-corrected chi connectivity index (χ4v) is 8.07. The molecule has 1 N–H and O–H groups in total. The monoisotopic (exact) mass is 915 g/mol. The molecule has 3 fully saturated rings. The van der Waals surface area contributed by atoms with Crippen molar-refractivity contribution in [1.82, 2.24) is 4.90 Å². The zero-order valence-electron chi connectivity index (χ0n) is 36.6. The van der Waals surface area contributed by atoms with Crippen LogP contribution in [0.3, 0.4) is 0 Å². The molecule has 3 heterocycles. The number of rotatable bonds is 14. The molecule has 5 aromatic rings. The van der Waals surface area contributed by atoms with Crippen molar-refractivity contribution in [3.8, 4) is 0 Å². The zero-order chi connectivity index (χ0) is 46.9. The van der Waals surface area contributed by atoms with Crippen molar-refractivity contribution in [1.29, 1.82) is 0 Å². The Morgan fingerprint density at radius 2 is 1.04 bits per heavy atom. The molecule has 0 aromatic heterocycles. The largest absolute Gasteiger partial charge is 0.460 e. The lowest BCUT2D eigenvalue weighted by atomic mass is 9.93. The molecule has 0 saturated carbocycles. The Hall–Kier alpha value is -6.95. The third-order valence-electron chi connectivity index (χ3n) is 11.3. The van der Waals surface area contributed by atoms with Crippen molar-refractivity contribution in [2.45, 2.75) is 81.3 Å². The standard InChI is InChI=1S/C51H49NO15/c1-51(2)66-42-39(31-60-46(55)34-22-12-5-13-23-34)63-49(44(43(42)67-51)64-48(57)36-26-16-7-17-27-36)65-41-37(30-59-45(54)33-20-10-4-11-21-33)52(50(58)61-29-32-18-8-3-9-19-32)28-38(40(41)53)62-47(56)35-24-14-6-15-25-35/h3-27,37-44,49,53H,28-31H2,1-2H3/t37-,38+,39-,40-,41-,42+,43+,44-,49+/m1/s1. The number of amides is 1. The van der Waals surface area contributed by atoms with Gasteiger partial charge in [0.1, 0.15) is 56.4 Å². The highest BCUT2D eigenvalue weighted by Crippen LogP contribution is 2.41. The number of hydrogen-bond acceptors (Lipinski definition) is 15. The van der Waals surface area contributed by atoms with Gasteiger partial charge in [0.05, 0.1) is 34.8 Å². The summed E-state index contributed by atoms with van der Waals surface area (Å²) in [4.78, 5) is 69.8. The highest BCUT2D eigenvalue weighted by atomic mass is 16.8. The third-order valence-corrected chi connectivity index (χ3v) is 11.3. The molecule has 16 heteroatoms. The van der Waals surface area contributed by atoms with E-state index in [1.54, 1.807) is 147 Å². The van der Waals surface area contributed by atoms with Crippen molar-refractivity contribution in [2.75, 3.05) is 19.8 Å². The van der Waals surface area contributed by atoms with E-state index < -0.39 is 111 Å². The fourth-order valence-electron chi connectivity index (χ4n) is 8.07. The lowest BCUT2D eigenvalue weighted by Gasteiger charge is -2.48. The topological polar surface area (TPSA) is 192 Å². The van der Waals surface area contributed by atoms with Gasteiger partial charge >= 0.3 is 30.0 Å². The van der Waals surface area contributed by atoms with E-state index in [0.29, 0.717) is 5.56 Å². The lowest BCUT2D eigenvalue weighted by Crippen LogP contribution is -2.68. The van der Waals surface area contributed by atoms with Gasteiger partial charge in [-0.1, -0.05) is 103 Å². The van der Waals surface area contributed by atoms with Gasteiger partial charge in [-0.3, -0.25) is 4.90 Å². The van der Waals surface area contributed by atoms with Crippen molar-refractivity contribution >= 4 is 30.0 Å². The van der Waals surface area contributed by atoms with Gasteiger partial charge < -0.3 is 47.7 Å². The van der Waals surface area contributed by atoms with Crippen LogP contribution in [0, 0.1) is 0 Å². The second-order valence-electron chi connectivity index (χ2n) is 16.4. The molecule has 348 valence electrons. The van der Waals surface area contributed by atoms with Crippen LogP contribution in [0.4, 0.5) is 4.79 Å². The van der Waals surface area contributed by atoms with E-state index in [9.17, 15) is 29.1 Å². The second kappa shape index (κ2) is 21.1. The summed E-state index contributed by atoms with van der Waals surface area (Å²) in [6, 6.07) is 40.1. The molecule has 67 heavy (non-hydrogen) atoms. The summed E-state index contributed by atoms with van der Waals surface area (Å²) in [5.41, 5.74) is 1.47. The van der Waals surface area contributed by atoms with Gasteiger partial charge in [-0.05, 0) is 67.9 Å². The number of ether oxygens (including phenoxy) is 9. The highest BCUT2D eigenvalue weighted by molar-refractivity contribution is 5.91. The van der Waals surface area contributed by atoms with Gasteiger partial charge in [0.15, 0.2) is 18.2 Å². The first-order chi connectivity index (χ1) is 32.4. The van der Waals surface area contributed by atoms with E-state index in [0.717, 1.165) is 4.90 Å². The molecule has 0 bridgehead atoms. The average molecular weight is 916 g/mol. The minimum absolute atomic E-state index is 0.160. The Kier molecular flexibility index (Phi) is 14.7. The van der Waals surface area contributed by atoms with E-state index in [1.165, 1.54) is 12.1 Å². The number of aliphatic hydroxyl groups excluding tert-OH is 1. The van der Waals surface area contributed by atoms with Gasteiger partial charge in [-0.25, -0.2) is 24.0 Å². The maximum absolute atomic E-state index is 14.3. The first-order valence-corrected chi connectivity index (χ1v) is 21.7. The van der Waals surface area contributed by atoms with Crippen LogP contribution in [-0.2, 0) is 49.2 Å². The molecular formula is C51H49NO15. The molecule has 3 saturated heterocycles. The first-order valence-electron chi connectivity index (χ1n) is 21.7. The Morgan fingerprint density at radius 3 is 1.58 bits per heavy atom. The molecule has 3 aliphatic heterocycles. The van der Waals surface area contributed by atoms with E-state index in [2.05, 4.69) is 0 Å². The summed E-state index contributed by atoms with van der Waals surface area (Å²) in [6.45, 7) is 1.72.